The third-order valence-electron chi connectivity index (χ3n) is 2.37. The minimum atomic E-state index is -0.242. The van der Waals surface area contributed by atoms with Crippen LogP contribution < -0.4 is 10.1 Å². The fourth-order valence-corrected chi connectivity index (χ4v) is 1.43. The molecule has 0 bridgehead atoms. The van der Waals surface area contributed by atoms with E-state index in [1.165, 1.54) is 0 Å². The zero-order chi connectivity index (χ0) is 12.7. The van der Waals surface area contributed by atoms with Gasteiger partial charge in [-0.2, -0.15) is 0 Å². The first-order valence-electron chi connectivity index (χ1n) is 5.77. The summed E-state index contributed by atoms with van der Waals surface area (Å²) in [6.45, 7) is 4.49. The number of hydrogen-bond acceptors (Lipinski definition) is 3. The van der Waals surface area contributed by atoms with Crippen LogP contribution in [0.2, 0.25) is 0 Å². The van der Waals surface area contributed by atoms with Crippen molar-refractivity contribution in [3.63, 3.8) is 0 Å². The van der Waals surface area contributed by atoms with Crippen molar-refractivity contribution in [2.75, 3.05) is 13.7 Å². The fraction of sp³-hybridized carbons (Fsp3) is 0.462. The van der Waals surface area contributed by atoms with E-state index >= 15 is 0 Å². The summed E-state index contributed by atoms with van der Waals surface area (Å²) in [6.07, 6.45) is 0.494. The molecule has 1 unspecified atom stereocenters. The summed E-state index contributed by atoms with van der Waals surface area (Å²) in [7, 11) is 1.58. The first-order valence-corrected chi connectivity index (χ1v) is 5.77. The minimum absolute atomic E-state index is 0.137. The van der Waals surface area contributed by atoms with Gasteiger partial charge in [-0.3, -0.25) is 4.79 Å². The van der Waals surface area contributed by atoms with E-state index in [0.29, 0.717) is 12.2 Å². The van der Waals surface area contributed by atoms with Gasteiger partial charge in [-0.15, -0.1) is 0 Å². The second-order valence-electron chi connectivity index (χ2n) is 3.56. The van der Waals surface area contributed by atoms with Gasteiger partial charge in [-0.05, 0) is 37.6 Å². The van der Waals surface area contributed by atoms with Gasteiger partial charge < -0.3 is 14.8 Å². The molecule has 0 spiro atoms. The average molecular weight is 237 g/mol. The van der Waals surface area contributed by atoms with Crippen LogP contribution in [0.4, 0.5) is 0 Å². The van der Waals surface area contributed by atoms with Crippen LogP contribution in [-0.4, -0.2) is 25.9 Å². The molecule has 94 valence electrons. The number of benzene rings is 1. The van der Waals surface area contributed by atoms with Crippen LogP contribution in [0.25, 0.3) is 0 Å². The molecule has 1 aromatic carbocycles. The summed E-state index contributed by atoms with van der Waals surface area (Å²) in [6, 6.07) is 7.05. The van der Waals surface area contributed by atoms with Crippen LogP contribution in [0.15, 0.2) is 24.3 Å². The Balaban J connectivity index is 2.63. The van der Waals surface area contributed by atoms with Crippen LogP contribution in [-0.2, 0) is 4.74 Å². The van der Waals surface area contributed by atoms with Crippen molar-refractivity contribution in [1.29, 1.82) is 0 Å². The molecule has 4 heteroatoms. The monoisotopic (exact) mass is 237 g/mol. The lowest BCUT2D eigenvalue weighted by Gasteiger charge is -2.15. The van der Waals surface area contributed by atoms with Crippen molar-refractivity contribution < 1.29 is 14.3 Å². The average Bonchev–Trinajstić information content (AvgIpc) is 2.37. The first kappa shape index (κ1) is 13.5. The molecular formula is C13H19NO3. The number of rotatable bonds is 6. The largest absolute Gasteiger partial charge is 0.494 e. The predicted octanol–water partition coefficient (Wildman–Crippen LogP) is 2.20. The molecular weight excluding hydrogens is 218 g/mol. The number of carbonyl (C=O) groups excluding carboxylic acids is 1. The molecule has 4 nitrogen and oxygen atoms in total. The Morgan fingerprint density at radius 2 is 1.94 bits per heavy atom. The lowest BCUT2D eigenvalue weighted by molar-refractivity contribution is 0.0562. The Kier molecular flexibility index (Phi) is 5.49. The molecule has 0 aliphatic carbocycles. The lowest BCUT2D eigenvalue weighted by Crippen LogP contribution is -2.35. The molecule has 17 heavy (non-hydrogen) atoms. The molecule has 0 fully saturated rings. The quantitative estimate of drug-likeness (QED) is 0.771. The Morgan fingerprint density at radius 1 is 1.29 bits per heavy atom. The van der Waals surface area contributed by atoms with E-state index in [1.807, 2.05) is 13.8 Å². The van der Waals surface area contributed by atoms with E-state index in [1.54, 1.807) is 31.4 Å². The van der Waals surface area contributed by atoms with E-state index in [4.69, 9.17) is 9.47 Å². The maximum absolute atomic E-state index is 11.8. The molecule has 1 atom stereocenters. The molecule has 0 aromatic heterocycles. The van der Waals surface area contributed by atoms with Gasteiger partial charge in [0, 0.05) is 12.7 Å². The van der Waals surface area contributed by atoms with Crippen molar-refractivity contribution in [3.8, 4) is 5.75 Å². The van der Waals surface area contributed by atoms with Crippen LogP contribution in [0.1, 0.15) is 30.6 Å². The van der Waals surface area contributed by atoms with Gasteiger partial charge in [0.15, 0.2) is 0 Å². The molecule has 0 aliphatic heterocycles. The highest BCUT2D eigenvalue weighted by Crippen LogP contribution is 2.12. The smallest absolute Gasteiger partial charge is 0.253 e. The molecule has 0 aliphatic rings. The second kappa shape index (κ2) is 6.91. The van der Waals surface area contributed by atoms with E-state index < -0.39 is 0 Å². The predicted molar refractivity (Wildman–Crippen MR) is 66.2 cm³/mol. The Morgan fingerprint density at radius 3 is 2.41 bits per heavy atom. The molecule has 1 aromatic rings. The second-order valence-corrected chi connectivity index (χ2v) is 3.56. The van der Waals surface area contributed by atoms with Gasteiger partial charge in [0.2, 0.25) is 0 Å². The lowest BCUT2D eigenvalue weighted by atomic mass is 10.2. The van der Waals surface area contributed by atoms with Crippen molar-refractivity contribution >= 4 is 5.91 Å². The molecule has 1 N–H and O–H groups in total. The Hall–Kier alpha value is -1.55. The topological polar surface area (TPSA) is 47.6 Å². The normalized spacial score (nSPS) is 11.9. The SMILES string of the molecule is CCOc1ccc(C(=O)NC(CC)OC)cc1. The number of ether oxygens (including phenoxy) is 2. The van der Waals surface area contributed by atoms with Gasteiger partial charge >= 0.3 is 0 Å². The molecule has 0 saturated carbocycles. The van der Waals surface area contributed by atoms with Crippen molar-refractivity contribution in [2.45, 2.75) is 26.5 Å². The third-order valence-corrected chi connectivity index (χ3v) is 2.37. The van der Waals surface area contributed by atoms with Gasteiger partial charge in [0.05, 0.1) is 6.61 Å². The van der Waals surface area contributed by atoms with Gasteiger partial charge in [0.1, 0.15) is 12.0 Å². The van der Waals surface area contributed by atoms with Gasteiger partial charge in [0.25, 0.3) is 5.91 Å². The molecule has 1 rings (SSSR count). The summed E-state index contributed by atoms with van der Waals surface area (Å²) in [4.78, 5) is 11.8. The summed E-state index contributed by atoms with van der Waals surface area (Å²) in [5.41, 5.74) is 0.601. The van der Waals surface area contributed by atoms with Gasteiger partial charge in [-0.25, -0.2) is 0 Å². The summed E-state index contributed by atoms with van der Waals surface area (Å²) >= 11 is 0. The maximum Gasteiger partial charge on any atom is 0.253 e. The summed E-state index contributed by atoms with van der Waals surface area (Å²) in [5.74, 6) is 0.629. The van der Waals surface area contributed by atoms with Crippen LogP contribution >= 0.6 is 0 Å². The maximum atomic E-state index is 11.8. The zero-order valence-electron chi connectivity index (χ0n) is 10.5. The Labute approximate surface area is 102 Å². The molecule has 0 heterocycles. The first-order chi connectivity index (χ1) is 8.21. The van der Waals surface area contributed by atoms with E-state index in [2.05, 4.69) is 5.32 Å². The fourth-order valence-electron chi connectivity index (χ4n) is 1.43. The highest BCUT2D eigenvalue weighted by atomic mass is 16.5. The minimum Gasteiger partial charge on any atom is -0.494 e. The van der Waals surface area contributed by atoms with Gasteiger partial charge in [-0.1, -0.05) is 6.92 Å². The number of methoxy groups -OCH3 is 1. The van der Waals surface area contributed by atoms with Crippen LogP contribution in [0.5, 0.6) is 5.75 Å². The number of carbonyl (C=O) groups is 1. The number of nitrogens with one attached hydrogen (secondary N) is 1. The van der Waals surface area contributed by atoms with E-state index in [0.717, 1.165) is 12.2 Å². The van der Waals surface area contributed by atoms with Crippen LogP contribution in [0.3, 0.4) is 0 Å². The molecule has 0 radical (unpaired) electrons. The molecule has 0 saturated heterocycles. The van der Waals surface area contributed by atoms with Crippen molar-refractivity contribution in [2.24, 2.45) is 0 Å². The summed E-state index contributed by atoms with van der Waals surface area (Å²) in [5, 5.41) is 2.78. The van der Waals surface area contributed by atoms with E-state index in [9.17, 15) is 4.79 Å². The standard InChI is InChI=1S/C13H19NO3/c1-4-12(16-3)14-13(15)10-6-8-11(9-7-10)17-5-2/h6-9,12H,4-5H2,1-3H3,(H,14,15). The number of hydrogen-bond donors (Lipinski definition) is 1. The highest BCUT2D eigenvalue weighted by Gasteiger charge is 2.10. The molecule has 1 amide bonds. The Bertz CT molecular complexity index is 344. The number of amides is 1. The third kappa shape index (κ3) is 4.07. The zero-order valence-corrected chi connectivity index (χ0v) is 10.5. The summed E-state index contributed by atoms with van der Waals surface area (Å²) < 4.78 is 10.4. The van der Waals surface area contributed by atoms with E-state index in [-0.39, 0.29) is 12.1 Å². The van der Waals surface area contributed by atoms with Crippen molar-refractivity contribution in [3.05, 3.63) is 29.8 Å². The highest BCUT2D eigenvalue weighted by molar-refractivity contribution is 5.94. The van der Waals surface area contributed by atoms with Crippen molar-refractivity contribution in [1.82, 2.24) is 5.32 Å². The van der Waals surface area contributed by atoms with Crippen LogP contribution in [0, 0.1) is 0 Å².